The first-order chi connectivity index (χ1) is 11.1. The number of pyridine rings is 1. The second-order valence-electron chi connectivity index (χ2n) is 5.96. The van der Waals surface area contributed by atoms with Crippen LogP contribution in [0.3, 0.4) is 0 Å². The lowest BCUT2D eigenvalue weighted by Crippen LogP contribution is -2.38. The molecule has 3 rings (SSSR count). The fourth-order valence-electron chi connectivity index (χ4n) is 3.04. The molecular formula is C18H19ClN2O2. The van der Waals surface area contributed by atoms with Gasteiger partial charge in [0.15, 0.2) is 0 Å². The summed E-state index contributed by atoms with van der Waals surface area (Å²) in [5.74, 6) is 0.401. The zero-order valence-electron chi connectivity index (χ0n) is 12.8. The Bertz CT molecular complexity index is 683. The number of aromatic nitrogens is 1. The zero-order valence-corrected chi connectivity index (χ0v) is 13.5. The van der Waals surface area contributed by atoms with Gasteiger partial charge in [0.25, 0.3) is 5.91 Å². The van der Waals surface area contributed by atoms with Crippen molar-refractivity contribution in [3.8, 4) is 5.75 Å². The van der Waals surface area contributed by atoms with Gasteiger partial charge in [-0.3, -0.25) is 9.78 Å². The van der Waals surface area contributed by atoms with Crippen molar-refractivity contribution in [2.75, 3.05) is 13.1 Å². The molecule has 1 aliphatic rings. The van der Waals surface area contributed by atoms with E-state index in [1.807, 2.05) is 12.3 Å². The van der Waals surface area contributed by atoms with Crippen molar-refractivity contribution in [3.63, 3.8) is 0 Å². The van der Waals surface area contributed by atoms with Gasteiger partial charge in [-0.15, -0.1) is 0 Å². The number of carbonyl (C=O) groups is 1. The van der Waals surface area contributed by atoms with Crippen molar-refractivity contribution in [1.29, 1.82) is 0 Å². The summed E-state index contributed by atoms with van der Waals surface area (Å²) in [5, 5.41) is 10.3. The minimum atomic E-state index is -0.148. The lowest BCUT2D eigenvalue weighted by atomic mass is 9.90. The molecule has 0 spiro atoms. The molecule has 2 heterocycles. The molecule has 5 heteroatoms. The molecule has 0 radical (unpaired) electrons. The van der Waals surface area contributed by atoms with Crippen LogP contribution in [-0.2, 0) is 6.42 Å². The maximum atomic E-state index is 12.5. The lowest BCUT2D eigenvalue weighted by Gasteiger charge is -2.32. The number of amides is 1. The molecule has 2 aromatic rings. The quantitative estimate of drug-likeness (QED) is 0.936. The summed E-state index contributed by atoms with van der Waals surface area (Å²) in [4.78, 5) is 18.5. The average Bonchev–Trinajstić information content (AvgIpc) is 2.58. The zero-order chi connectivity index (χ0) is 16.2. The molecule has 0 bridgehead atoms. The van der Waals surface area contributed by atoms with Crippen LogP contribution in [0.15, 0.2) is 42.7 Å². The lowest BCUT2D eigenvalue weighted by molar-refractivity contribution is 0.0687. The van der Waals surface area contributed by atoms with Crippen LogP contribution in [0, 0.1) is 5.92 Å². The van der Waals surface area contributed by atoms with Gasteiger partial charge in [0.2, 0.25) is 0 Å². The number of benzene rings is 1. The molecular weight excluding hydrogens is 312 g/mol. The maximum Gasteiger partial charge on any atom is 0.257 e. The molecule has 0 unspecified atom stereocenters. The third-order valence-electron chi connectivity index (χ3n) is 4.34. The molecule has 4 nitrogen and oxygen atoms in total. The van der Waals surface area contributed by atoms with E-state index in [4.69, 9.17) is 11.6 Å². The van der Waals surface area contributed by atoms with E-state index in [9.17, 15) is 9.90 Å². The van der Waals surface area contributed by atoms with Gasteiger partial charge in [0.1, 0.15) is 5.75 Å². The molecule has 1 saturated heterocycles. The number of hydrogen-bond donors (Lipinski definition) is 1. The van der Waals surface area contributed by atoms with E-state index >= 15 is 0 Å². The van der Waals surface area contributed by atoms with Crippen LogP contribution >= 0.6 is 11.6 Å². The van der Waals surface area contributed by atoms with Crippen molar-refractivity contribution < 1.29 is 9.90 Å². The molecule has 1 N–H and O–H groups in total. The van der Waals surface area contributed by atoms with Crippen LogP contribution in [0.5, 0.6) is 5.75 Å². The van der Waals surface area contributed by atoms with Gasteiger partial charge in [-0.05, 0) is 55.0 Å². The van der Waals surface area contributed by atoms with Gasteiger partial charge in [-0.2, -0.15) is 0 Å². The van der Waals surface area contributed by atoms with Crippen molar-refractivity contribution in [3.05, 3.63) is 58.9 Å². The predicted molar refractivity (Wildman–Crippen MR) is 89.7 cm³/mol. The summed E-state index contributed by atoms with van der Waals surface area (Å²) < 4.78 is 0. The number of carbonyl (C=O) groups excluding carboxylic acids is 1. The second kappa shape index (κ2) is 7.01. The number of hydrogen-bond acceptors (Lipinski definition) is 3. The third kappa shape index (κ3) is 3.82. The molecule has 1 amide bonds. The molecule has 1 aromatic carbocycles. The molecule has 1 aromatic heterocycles. The highest BCUT2D eigenvalue weighted by Crippen LogP contribution is 2.26. The Balaban J connectivity index is 1.60. The maximum absolute atomic E-state index is 12.5. The SMILES string of the molecule is O=C(c1cc(Cl)ccc1O)N1CCC(Cc2cccnc2)CC1. The molecule has 1 aliphatic heterocycles. The van der Waals surface area contributed by atoms with Gasteiger partial charge < -0.3 is 10.0 Å². The van der Waals surface area contributed by atoms with Gasteiger partial charge in [0, 0.05) is 30.5 Å². The summed E-state index contributed by atoms with van der Waals surface area (Å²) in [6, 6.07) is 8.61. The normalized spacial score (nSPS) is 15.6. The van der Waals surface area contributed by atoms with E-state index < -0.39 is 0 Å². The highest BCUT2D eigenvalue weighted by molar-refractivity contribution is 6.31. The van der Waals surface area contributed by atoms with E-state index in [2.05, 4.69) is 11.1 Å². The molecule has 23 heavy (non-hydrogen) atoms. The first-order valence-corrected chi connectivity index (χ1v) is 8.18. The Morgan fingerprint density at radius 1 is 1.30 bits per heavy atom. The van der Waals surface area contributed by atoms with E-state index in [-0.39, 0.29) is 17.2 Å². The van der Waals surface area contributed by atoms with Gasteiger partial charge in [0.05, 0.1) is 5.56 Å². The Kier molecular flexibility index (Phi) is 4.82. The number of phenols is 1. The topological polar surface area (TPSA) is 53.4 Å². The Morgan fingerprint density at radius 3 is 2.78 bits per heavy atom. The van der Waals surface area contributed by atoms with E-state index in [1.54, 1.807) is 17.2 Å². The van der Waals surface area contributed by atoms with E-state index in [0.717, 1.165) is 19.3 Å². The highest BCUT2D eigenvalue weighted by Gasteiger charge is 2.25. The van der Waals surface area contributed by atoms with Crippen LogP contribution in [0.4, 0.5) is 0 Å². The Labute approximate surface area is 140 Å². The molecule has 0 atom stereocenters. The number of piperidine rings is 1. The largest absolute Gasteiger partial charge is 0.507 e. The number of aromatic hydroxyl groups is 1. The Morgan fingerprint density at radius 2 is 2.09 bits per heavy atom. The van der Waals surface area contributed by atoms with Crippen LogP contribution < -0.4 is 0 Å². The summed E-state index contributed by atoms with van der Waals surface area (Å²) >= 11 is 5.93. The van der Waals surface area contributed by atoms with Gasteiger partial charge in [-0.25, -0.2) is 0 Å². The number of halogens is 1. The van der Waals surface area contributed by atoms with Crippen molar-refractivity contribution >= 4 is 17.5 Å². The fraction of sp³-hybridized carbons (Fsp3) is 0.333. The van der Waals surface area contributed by atoms with E-state index in [1.165, 1.54) is 17.7 Å². The summed E-state index contributed by atoms with van der Waals surface area (Å²) in [6.07, 6.45) is 6.60. The van der Waals surface area contributed by atoms with Crippen molar-refractivity contribution in [1.82, 2.24) is 9.88 Å². The number of rotatable bonds is 3. The van der Waals surface area contributed by atoms with Crippen LogP contribution in [-0.4, -0.2) is 34.0 Å². The monoisotopic (exact) mass is 330 g/mol. The van der Waals surface area contributed by atoms with Crippen molar-refractivity contribution in [2.24, 2.45) is 5.92 Å². The summed E-state index contributed by atoms with van der Waals surface area (Å²) in [5.41, 5.74) is 1.52. The number of likely N-dealkylation sites (tertiary alicyclic amines) is 1. The minimum absolute atomic E-state index is 0.0168. The Hall–Kier alpha value is -2.07. The number of phenolic OH excluding ortho intramolecular Hbond substituents is 1. The minimum Gasteiger partial charge on any atom is -0.507 e. The fourth-order valence-corrected chi connectivity index (χ4v) is 3.21. The van der Waals surface area contributed by atoms with Crippen molar-refractivity contribution in [2.45, 2.75) is 19.3 Å². The first kappa shape index (κ1) is 15.8. The summed E-state index contributed by atoms with van der Waals surface area (Å²) in [7, 11) is 0. The average molecular weight is 331 g/mol. The smallest absolute Gasteiger partial charge is 0.257 e. The number of nitrogens with zero attached hydrogens (tertiary/aromatic N) is 2. The molecule has 0 aliphatic carbocycles. The third-order valence-corrected chi connectivity index (χ3v) is 4.57. The van der Waals surface area contributed by atoms with Crippen LogP contribution in [0.1, 0.15) is 28.8 Å². The predicted octanol–water partition coefficient (Wildman–Crippen LogP) is 3.54. The highest BCUT2D eigenvalue weighted by atomic mass is 35.5. The summed E-state index contributed by atoms with van der Waals surface area (Å²) in [6.45, 7) is 1.41. The van der Waals surface area contributed by atoms with Crippen LogP contribution in [0.25, 0.3) is 0 Å². The van der Waals surface area contributed by atoms with Gasteiger partial charge in [-0.1, -0.05) is 17.7 Å². The van der Waals surface area contributed by atoms with Crippen LogP contribution in [0.2, 0.25) is 5.02 Å². The van der Waals surface area contributed by atoms with Gasteiger partial charge >= 0.3 is 0 Å². The first-order valence-electron chi connectivity index (χ1n) is 7.80. The van der Waals surface area contributed by atoms with E-state index in [0.29, 0.717) is 24.0 Å². The second-order valence-corrected chi connectivity index (χ2v) is 6.40. The molecule has 120 valence electrons. The molecule has 0 saturated carbocycles. The standard InChI is InChI=1S/C18H19ClN2O2/c19-15-3-4-17(22)16(11-15)18(23)21-8-5-13(6-9-21)10-14-2-1-7-20-12-14/h1-4,7,11-13,22H,5-6,8-10H2. The molecule has 1 fully saturated rings.